The first-order chi connectivity index (χ1) is 9.84. The molecule has 0 spiro atoms. The van der Waals surface area contributed by atoms with Crippen LogP contribution in [0.4, 0.5) is 0 Å². The van der Waals surface area contributed by atoms with Gasteiger partial charge in [0.2, 0.25) is 0 Å². The molecule has 0 radical (unpaired) electrons. The summed E-state index contributed by atoms with van der Waals surface area (Å²) < 4.78 is 0. The summed E-state index contributed by atoms with van der Waals surface area (Å²) in [5, 5.41) is 7.85. The van der Waals surface area contributed by atoms with E-state index in [1.165, 1.54) is 43.4 Å². The fraction of sp³-hybridized carbons (Fsp3) is 0.0526. The molecule has 0 aliphatic heterocycles. The highest BCUT2D eigenvalue weighted by Crippen LogP contribution is 2.48. The predicted molar refractivity (Wildman–Crippen MR) is 86.7 cm³/mol. The molecule has 0 saturated carbocycles. The zero-order valence-corrected chi connectivity index (χ0v) is 11.5. The number of alkyl halides is 1. The van der Waals surface area contributed by atoms with Crippen molar-refractivity contribution in [3.05, 3.63) is 71.8 Å². The number of halogens is 1. The summed E-state index contributed by atoms with van der Waals surface area (Å²) in [6, 6.07) is 21.7. The smallest absolute Gasteiger partial charge is 0.0848 e. The number of hydrogen-bond donors (Lipinski definition) is 0. The van der Waals surface area contributed by atoms with E-state index in [4.69, 9.17) is 11.6 Å². The maximum Gasteiger partial charge on any atom is 0.0848 e. The Balaban J connectivity index is 2.17. The number of fused-ring (bicyclic) bond motifs is 2. The van der Waals surface area contributed by atoms with E-state index in [0.717, 1.165) is 0 Å². The first-order valence-electron chi connectivity index (χ1n) is 6.85. The molecular formula is C19H11Cl. The second-order valence-corrected chi connectivity index (χ2v) is 5.92. The van der Waals surface area contributed by atoms with E-state index in [2.05, 4.69) is 60.7 Å². The molecule has 1 unspecified atom stereocenters. The molecule has 1 aliphatic rings. The Morgan fingerprint density at radius 2 is 1.50 bits per heavy atom. The van der Waals surface area contributed by atoms with Gasteiger partial charge >= 0.3 is 0 Å². The van der Waals surface area contributed by atoms with Crippen LogP contribution < -0.4 is 0 Å². The summed E-state index contributed by atoms with van der Waals surface area (Å²) in [6.07, 6.45) is 0. The van der Waals surface area contributed by atoms with Crippen LogP contribution >= 0.6 is 11.6 Å². The third kappa shape index (κ3) is 1.14. The molecule has 0 fully saturated rings. The van der Waals surface area contributed by atoms with Gasteiger partial charge in [0.15, 0.2) is 0 Å². The highest BCUT2D eigenvalue weighted by Gasteiger charge is 2.26. The van der Waals surface area contributed by atoms with Crippen molar-refractivity contribution in [3.8, 4) is 0 Å². The Kier molecular flexibility index (Phi) is 1.89. The van der Waals surface area contributed by atoms with Crippen molar-refractivity contribution in [2.75, 3.05) is 0 Å². The standard InChI is InChI=1S/C19H11Cl/c20-19-15-7-3-5-11-8-9-14-13-6-2-1-4-12(13)10-16(19)18(14)17(11)15/h1-10,19H. The lowest BCUT2D eigenvalue weighted by molar-refractivity contribution is 1.22. The van der Waals surface area contributed by atoms with Crippen molar-refractivity contribution < 1.29 is 0 Å². The van der Waals surface area contributed by atoms with E-state index < -0.39 is 0 Å². The van der Waals surface area contributed by atoms with Gasteiger partial charge in [0, 0.05) is 0 Å². The Bertz CT molecular complexity index is 1010. The monoisotopic (exact) mass is 274 g/mol. The number of hydrogen-bond acceptors (Lipinski definition) is 0. The van der Waals surface area contributed by atoms with Gasteiger partial charge in [-0.2, -0.15) is 0 Å². The highest BCUT2D eigenvalue weighted by atomic mass is 35.5. The Morgan fingerprint density at radius 1 is 0.650 bits per heavy atom. The molecule has 4 aromatic rings. The Labute approximate surface area is 121 Å². The molecule has 0 N–H and O–H groups in total. The molecule has 1 atom stereocenters. The van der Waals surface area contributed by atoms with Gasteiger partial charge in [-0.1, -0.05) is 54.6 Å². The van der Waals surface area contributed by atoms with E-state index in [-0.39, 0.29) is 5.38 Å². The Hall–Kier alpha value is -2.05. The molecule has 5 rings (SSSR count). The van der Waals surface area contributed by atoms with Crippen LogP contribution in [0, 0.1) is 0 Å². The molecule has 94 valence electrons. The molecule has 20 heavy (non-hydrogen) atoms. The summed E-state index contributed by atoms with van der Waals surface area (Å²) in [4.78, 5) is 0. The second-order valence-electron chi connectivity index (χ2n) is 5.48. The Morgan fingerprint density at radius 3 is 2.45 bits per heavy atom. The van der Waals surface area contributed by atoms with Gasteiger partial charge in [0.1, 0.15) is 0 Å². The van der Waals surface area contributed by atoms with Crippen molar-refractivity contribution in [1.29, 1.82) is 0 Å². The summed E-state index contributed by atoms with van der Waals surface area (Å²) in [5.41, 5.74) is 2.51. The SMILES string of the molecule is ClC1c2cccc3ccc4c5ccccc5cc1c4c23. The van der Waals surface area contributed by atoms with Gasteiger partial charge in [-0.05, 0) is 49.5 Å². The van der Waals surface area contributed by atoms with E-state index >= 15 is 0 Å². The molecule has 4 aromatic carbocycles. The van der Waals surface area contributed by atoms with Crippen molar-refractivity contribution in [2.24, 2.45) is 0 Å². The predicted octanol–water partition coefficient (Wildman–Crippen LogP) is 5.79. The van der Waals surface area contributed by atoms with E-state index in [0.29, 0.717) is 0 Å². The van der Waals surface area contributed by atoms with Gasteiger partial charge in [0.05, 0.1) is 5.38 Å². The summed E-state index contributed by atoms with van der Waals surface area (Å²) in [5.74, 6) is 0. The van der Waals surface area contributed by atoms with Crippen molar-refractivity contribution in [3.63, 3.8) is 0 Å². The van der Waals surface area contributed by atoms with Gasteiger partial charge < -0.3 is 0 Å². The van der Waals surface area contributed by atoms with E-state index in [1.54, 1.807) is 0 Å². The topological polar surface area (TPSA) is 0 Å². The molecule has 0 amide bonds. The maximum absolute atomic E-state index is 6.72. The van der Waals surface area contributed by atoms with Crippen LogP contribution in [0.2, 0.25) is 0 Å². The molecule has 0 aromatic heterocycles. The lowest BCUT2D eigenvalue weighted by Gasteiger charge is -2.08. The quantitative estimate of drug-likeness (QED) is 0.281. The zero-order chi connectivity index (χ0) is 13.3. The van der Waals surface area contributed by atoms with Crippen molar-refractivity contribution >= 4 is 43.9 Å². The minimum absolute atomic E-state index is 0.0248. The fourth-order valence-corrected chi connectivity index (χ4v) is 3.97. The molecule has 1 aliphatic carbocycles. The molecule has 0 bridgehead atoms. The van der Waals surface area contributed by atoms with Gasteiger partial charge in [-0.25, -0.2) is 0 Å². The van der Waals surface area contributed by atoms with Crippen molar-refractivity contribution in [2.45, 2.75) is 5.38 Å². The molecule has 0 nitrogen and oxygen atoms in total. The van der Waals surface area contributed by atoms with Gasteiger partial charge in [-0.15, -0.1) is 11.6 Å². The normalized spacial score (nSPS) is 16.8. The van der Waals surface area contributed by atoms with E-state index in [9.17, 15) is 0 Å². The second kappa shape index (κ2) is 3.53. The van der Waals surface area contributed by atoms with Crippen LogP contribution in [-0.2, 0) is 0 Å². The van der Waals surface area contributed by atoms with Crippen LogP contribution in [0.1, 0.15) is 16.5 Å². The van der Waals surface area contributed by atoms with E-state index in [1.807, 2.05) is 0 Å². The van der Waals surface area contributed by atoms with Crippen LogP contribution in [0.3, 0.4) is 0 Å². The molecular weight excluding hydrogens is 264 g/mol. The number of rotatable bonds is 0. The van der Waals surface area contributed by atoms with Crippen LogP contribution in [0.5, 0.6) is 0 Å². The molecule has 1 heteroatoms. The van der Waals surface area contributed by atoms with Crippen molar-refractivity contribution in [1.82, 2.24) is 0 Å². The average Bonchev–Trinajstić information content (AvgIpc) is 2.79. The number of benzene rings is 4. The largest absolute Gasteiger partial charge is 0.113 e. The van der Waals surface area contributed by atoms with Gasteiger partial charge in [-0.3, -0.25) is 0 Å². The zero-order valence-electron chi connectivity index (χ0n) is 10.7. The lowest BCUT2D eigenvalue weighted by atomic mass is 9.97. The summed E-state index contributed by atoms with van der Waals surface area (Å²) in [6.45, 7) is 0. The van der Waals surface area contributed by atoms with Gasteiger partial charge in [0.25, 0.3) is 0 Å². The third-order valence-electron chi connectivity index (χ3n) is 4.47. The first kappa shape index (κ1) is 10.7. The summed E-state index contributed by atoms with van der Waals surface area (Å²) >= 11 is 6.72. The van der Waals surface area contributed by atoms with Crippen LogP contribution in [-0.4, -0.2) is 0 Å². The summed E-state index contributed by atoms with van der Waals surface area (Å²) in [7, 11) is 0. The highest BCUT2D eigenvalue weighted by molar-refractivity contribution is 6.31. The molecule has 0 heterocycles. The molecule has 0 saturated heterocycles. The maximum atomic E-state index is 6.72. The minimum atomic E-state index is -0.0248. The fourth-order valence-electron chi connectivity index (χ4n) is 3.62. The lowest BCUT2D eigenvalue weighted by Crippen LogP contribution is -1.86. The first-order valence-corrected chi connectivity index (χ1v) is 7.29. The third-order valence-corrected chi connectivity index (χ3v) is 4.94. The van der Waals surface area contributed by atoms with Crippen LogP contribution in [0.25, 0.3) is 32.3 Å². The average molecular weight is 275 g/mol. The van der Waals surface area contributed by atoms with Crippen LogP contribution in [0.15, 0.2) is 60.7 Å². The minimum Gasteiger partial charge on any atom is -0.113 e.